The third-order valence-corrected chi connectivity index (χ3v) is 4.66. The van der Waals surface area contributed by atoms with Crippen LogP contribution in [0.25, 0.3) is 10.8 Å². The number of rotatable bonds is 9. The van der Waals surface area contributed by atoms with Crippen LogP contribution in [0.2, 0.25) is 0 Å². The highest BCUT2D eigenvalue weighted by Crippen LogP contribution is 2.20. The van der Waals surface area contributed by atoms with Crippen LogP contribution in [-0.4, -0.2) is 36.3 Å². The number of carbonyl (C=O) groups excluding carboxylic acids is 2. The van der Waals surface area contributed by atoms with Crippen molar-refractivity contribution >= 4 is 35.0 Å². The third kappa shape index (κ3) is 6.52. The van der Waals surface area contributed by atoms with Crippen molar-refractivity contribution < 1.29 is 9.59 Å². The average Bonchev–Trinajstić information content (AvgIpc) is 2.66. The first kappa shape index (κ1) is 22.9. The van der Waals surface area contributed by atoms with Crippen LogP contribution in [0.5, 0.6) is 0 Å². The maximum absolute atomic E-state index is 12.2. The second-order valence-electron chi connectivity index (χ2n) is 6.38. The Morgan fingerprint density at radius 1 is 1.04 bits per heavy atom. The largest absolute Gasteiger partial charge is 0.348 e. The fourth-order valence-corrected chi connectivity index (χ4v) is 3.10. The molecule has 2 aromatic rings. The molecule has 0 aliphatic heterocycles. The van der Waals surface area contributed by atoms with Gasteiger partial charge >= 0.3 is 0 Å². The average molecular weight is 392 g/mol. The van der Waals surface area contributed by atoms with Gasteiger partial charge < -0.3 is 16.0 Å². The van der Waals surface area contributed by atoms with Crippen molar-refractivity contribution in [2.45, 2.75) is 39.2 Å². The van der Waals surface area contributed by atoms with Crippen molar-refractivity contribution in [1.29, 1.82) is 0 Å². The predicted molar refractivity (Wildman–Crippen MR) is 113 cm³/mol. The minimum atomic E-state index is -0.217. The molecule has 0 saturated carbocycles. The molecule has 27 heavy (non-hydrogen) atoms. The maximum atomic E-state index is 12.2. The molecular weight excluding hydrogens is 362 g/mol. The first-order chi connectivity index (χ1) is 12.6. The second-order valence-corrected chi connectivity index (χ2v) is 6.38. The van der Waals surface area contributed by atoms with Crippen LogP contribution in [0, 0.1) is 0 Å². The number of nitrogens with zero attached hydrogens (tertiary/aromatic N) is 1. The smallest absolute Gasteiger partial charge is 0.222 e. The van der Waals surface area contributed by atoms with Gasteiger partial charge in [0, 0.05) is 32.5 Å². The number of hydrogen-bond acceptors (Lipinski definition) is 3. The first-order valence-electron chi connectivity index (χ1n) is 9.34. The summed E-state index contributed by atoms with van der Waals surface area (Å²) in [5.41, 5.74) is 6.87. The number of benzene rings is 2. The number of hydrogen-bond donors (Lipinski definition) is 2. The molecule has 0 saturated heterocycles. The van der Waals surface area contributed by atoms with E-state index >= 15 is 0 Å². The Kier molecular flexibility index (Phi) is 9.83. The van der Waals surface area contributed by atoms with E-state index in [1.54, 1.807) is 4.90 Å². The molecule has 0 bridgehead atoms. The summed E-state index contributed by atoms with van der Waals surface area (Å²) < 4.78 is 0. The quantitative estimate of drug-likeness (QED) is 0.687. The Labute approximate surface area is 167 Å². The number of nitrogens with one attached hydrogen (secondary N) is 1. The molecule has 0 heterocycles. The molecule has 2 rings (SSSR count). The summed E-state index contributed by atoms with van der Waals surface area (Å²) in [7, 11) is 0. The van der Waals surface area contributed by atoms with Gasteiger partial charge in [-0.15, -0.1) is 12.4 Å². The van der Waals surface area contributed by atoms with Crippen molar-refractivity contribution in [2.75, 3.05) is 19.6 Å². The van der Waals surface area contributed by atoms with Gasteiger partial charge in [0.25, 0.3) is 0 Å². The van der Waals surface area contributed by atoms with Gasteiger partial charge in [0.1, 0.15) is 0 Å². The molecule has 1 unspecified atom stereocenters. The van der Waals surface area contributed by atoms with Crippen LogP contribution in [0.15, 0.2) is 42.5 Å². The molecule has 0 aliphatic carbocycles. The second kappa shape index (κ2) is 11.6. The van der Waals surface area contributed by atoms with Gasteiger partial charge in [0.2, 0.25) is 11.8 Å². The Hall–Kier alpha value is -2.11. The van der Waals surface area contributed by atoms with Crippen LogP contribution < -0.4 is 11.1 Å². The molecule has 0 fully saturated rings. The van der Waals surface area contributed by atoms with Crippen LogP contribution >= 0.6 is 12.4 Å². The van der Waals surface area contributed by atoms with Crippen molar-refractivity contribution in [2.24, 2.45) is 5.73 Å². The van der Waals surface area contributed by atoms with Crippen molar-refractivity contribution in [3.05, 3.63) is 48.0 Å². The molecule has 6 heteroatoms. The lowest BCUT2D eigenvalue weighted by molar-refractivity contribution is -0.131. The van der Waals surface area contributed by atoms with E-state index in [0.717, 1.165) is 16.3 Å². The monoisotopic (exact) mass is 391 g/mol. The lowest BCUT2D eigenvalue weighted by Crippen LogP contribution is -2.34. The highest BCUT2D eigenvalue weighted by atomic mass is 35.5. The van der Waals surface area contributed by atoms with Crippen LogP contribution in [0.3, 0.4) is 0 Å². The highest BCUT2D eigenvalue weighted by molar-refractivity contribution is 5.85. The van der Waals surface area contributed by atoms with Gasteiger partial charge in [0.15, 0.2) is 0 Å². The molecule has 0 aromatic heterocycles. The van der Waals surface area contributed by atoms with Crippen LogP contribution in [0.1, 0.15) is 44.7 Å². The van der Waals surface area contributed by atoms with E-state index < -0.39 is 0 Å². The minimum absolute atomic E-state index is 0. The fourth-order valence-electron chi connectivity index (χ4n) is 3.10. The van der Waals surface area contributed by atoms with Gasteiger partial charge in [-0.05, 0) is 42.7 Å². The molecule has 0 spiro atoms. The number of halogens is 1. The van der Waals surface area contributed by atoms with Crippen molar-refractivity contribution in [3.8, 4) is 0 Å². The third-order valence-electron chi connectivity index (χ3n) is 4.66. The van der Waals surface area contributed by atoms with E-state index in [0.29, 0.717) is 38.9 Å². The summed E-state index contributed by atoms with van der Waals surface area (Å²) in [4.78, 5) is 26.0. The lowest BCUT2D eigenvalue weighted by atomic mass is 10.0. The summed E-state index contributed by atoms with van der Waals surface area (Å²) >= 11 is 0. The maximum Gasteiger partial charge on any atom is 0.222 e. The van der Waals surface area contributed by atoms with E-state index in [4.69, 9.17) is 5.73 Å². The molecular formula is C21H30ClN3O2. The molecule has 3 N–H and O–H groups in total. The minimum Gasteiger partial charge on any atom is -0.348 e. The molecule has 2 amide bonds. The summed E-state index contributed by atoms with van der Waals surface area (Å²) in [5.74, 6) is 0.0358. The Bertz CT molecular complexity index is 747. The van der Waals surface area contributed by atoms with Gasteiger partial charge in [-0.3, -0.25) is 9.59 Å². The van der Waals surface area contributed by atoms with E-state index in [1.165, 1.54) is 0 Å². The normalized spacial score (nSPS) is 11.5. The van der Waals surface area contributed by atoms with Gasteiger partial charge in [0.05, 0.1) is 6.04 Å². The topological polar surface area (TPSA) is 75.4 Å². The Morgan fingerprint density at radius 2 is 1.70 bits per heavy atom. The van der Waals surface area contributed by atoms with Crippen LogP contribution in [-0.2, 0) is 9.59 Å². The summed E-state index contributed by atoms with van der Waals surface area (Å²) in [6.45, 7) is 5.67. The lowest BCUT2D eigenvalue weighted by Gasteiger charge is -2.19. The zero-order valence-corrected chi connectivity index (χ0v) is 16.9. The van der Waals surface area contributed by atoms with Gasteiger partial charge in [-0.1, -0.05) is 36.4 Å². The van der Waals surface area contributed by atoms with E-state index in [1.807, 2.05) is 44.2 Å². The van der Waals surface area contributed by atoms with Crippen LogP contribution in [0.4, 0.5) is 0 Å². The highest BCUT2D eigenvalue weighted by Gasteiger charge is 2.15. The number of carbonyl (C=O) groups is 2. The Balaban J connectivity index is 0.00000364. The summed E-state index contributed by atoms with van der Waals surface area (Å²) in [5, 5.41) is 5.28. The fraction of sp³-hybridized carbons (Fsp3) is 0.429. The molecule has 0 radical (unpaired) electrons. The molecule has 0 aliphatic rings. The standard InChI is InChI=1S/C21H29N3O2.ClH/c1-3-24(4-2)21(26)11-7-10-20(25)23-19(15-22)18-13-12-16-8-5-6-9-17(16)14-18;/h5-6,8-9,12-14,19H,3-4,7,10-11,15,22H2,1-2H3,(H,23,25);1H. The zero-order valence-electron chi connectivity index (χ0n) is 16.1. The van der Waals surface area contributed by atoms with Crippen molar-refractivity contribution in [1.82, 2.24) is 10.2 Å². The SMILES string of the molecule is CCN(CC)C(=O)CCCC(=O)NC(CN)c1ccc2ccccc2c1.Cl. The van der Waals surface area contributed by atoms with E-state index in [-0.39, 0.29) is 30.3 Å². The van der Waals surface area contributed by atoms with E-state index in [2.05, 4.69) is 17.4 Å². The molecule has 2 aromatic carbocycles. The van der Waals surface area contributed by atoms with Gasteiger partial charge in [-0.2, -0.15) is 0 Å². The number of amides is 2. The molecule has 5 nitrogen and oxygen atoms in total. The molecule has 1 atom stereocenters. The first-order valence-corrected chi connectivity index (χ1v) is 9.34. The number of fused-ring (bicyclic) bond motifs is 1. The summed E-state index contributed by atoms with van der Waals surface area (Å²) in [6, 6.07) is 14.0. The Morgan fingerprint density at radius 3 is 2.33 bits per heavy atom. The van der Waals surface area contributed by atoms with E-state index in [9.17, 15) is 9.59 Å². The number of nitrogens with two attached hydrogens (primary N) is 1. The summed E-state index contributed by atoms with van der Waals surface area (Å²) in [6.07, 6.45) is 1.28. The molecule has 148 valence electrons. The predicted octanol–water partition coefficient (Wildman–Crippen LogP) is 3.42. The zero-order chi connectivity index (χ0) is 18.9. The van der Waals surface area contributed by atoms with Crippen molar-refractivity contribution in [3.63, 3.8) is 0 Å². The van der Waals surface area contributed by atoms with Gasteiger partial charge in [-0.25, -0.2) is 0 Å².